The van der Waals surface area contributed by atoms with Gasteiger partial charge in [0.2, 0.25) is 5.69 Å². The molecule has 1 N–H and O–H groups in total. The predicted molar refractivity (Wildman–Crippen MR) is 144 cm³/mol. The quantitative estimate of drug-likeness (QED) is 0.402. The Bertz CT molecular complexity index is 1360. The highest BCUT2D eigenvalue weighted by atomic mass is 16.5. The zero-order valence-electron chi connectivity index (χ0n) is 21.6. The van der Waals surface area contributed by atoms with Crippen molar-refractivity contribution in [2.45, 2.75) is 34.6 Å². The van der Waals surface area contributed by atoms with Gasteiger partial charge in [-0.2, -0.15) is 4.58 Å². The molecule has 0 atom stereocenters. The summed E-state index contributed by atoms with van der Waals surface area (Å²) in [6.07, 6.45) is 2.96. The number of fused-ring (bicyclic) bond motifs is 1. The first-order valence-electron chi connectivity index (χ1n) is 12.5. The summed E-state index contributed by atoms with van der Waals surface area (Å²) in [7, 11) is 0. The lowest BCUT2D eigenvalue weighted by Gasteiger charge is -2.23. The van der Waals surface area contributed by atoms with Crippen molar-refractivity contribution in [2.75, 3.05) is 31.1 Å². The first-order chi connectivity index (χ1) is 17.5. The molecule has 0 fully saturated rings. The number of benzene rings is 2. The Balaban J connectivity index is 2.13. The molecule has 2 heterocycles. The van der Waals surface area contributed by atoms with Crippen LogP contribution in [-0.4, -0.2) is 57.6 Å². The van der Waals surface area contributed by atoms with Crippen molar-refractivity contribution >= 4 is 34.2 Å². The van der Waals surface area contributed by atoms with Crippen molar-refractivity contribution in [3.63, 3.8) is 0 Å². The Morgan fingerprint density at radius 1 is 1.00 bits per heavy atom. The van der Waals surface area contributed by atoms with E-state index < -0.39 is 5.97 Å². The minimum Gasteiger partial charge on any atom is -0.493 e. The van der Waals surface area contributed by atoms with Gasteiger partial charge in [-0.15, -0.1) is 0 Å². The molecule has 0 saturated heterocycles. The highest BCUT2D eigenvalue weighted by Gasteiger charge is 2.36. The summed E-state index contributed by atoms with van der Waals surface area (Å²) >= 11 is 0. The van der Waals surface area contributed by atoms with Crippen LogP contribution in [0.4, 0.5) is 11.4 Å². The highest BCUT2D eigenvalue weighted by Crippen LogP contribution is 2.44. The van der Waals surface area contributed by atoms with Gasteiger partial charge in [0.05, 0.1) is 17.7 Å². The van der Waals surface area contributed by atoms with Crippen LogP contribution < -0.4 is 9.64 Å². The van der Waals surface area contributed by atoms with Crippen LogP contribution in [0.2, 0.25) is 0 Å². The summed E-state index contributed by atoms with van der Waals surface area (Å²) in [6, 6.07) is 14.3. The number of carboxylic acid groups (broad SMARTS) is 1. The minimum atomic E-state index is -1.12. The summed E-state index contributed by atoms with van der Waals surface area (Å²) in [5.41, 5.74) is 6.87. The number of nitrogens with zero attached hydrogens (tertiary/aromatic N) is 4. The Hall–Kier alpha value is -4.00. The van der Waals surface area contributed by atoms with Crippen molar-refractivity contribution < 1.29 is 19.2 Å². The van der Waals surface area contributed by atoms with E-state index in [4.69, 9.17) is 4.74 Å². The molecule has 3 aromatic rings. The minimum absolute atomic E-state index is 0.0875. The molecule has 0 saturated carbocycles. The number of aromatic nitrogens is 2. The fourth-order valence-corrected chi connectivity index (χ4v) is 4.99. The van der Waals surface area contributed by atoms with Gasteiger partial charge in [-0.1, -0.05) is 12.1 Å². The molecular weight excluding hydrogens is 452 g/mol. The number of allylic oxidation sites excluding steroid dienone is 1. The van der Waals surface area contributed by atoms with Gasteiger partial charge >= 0.3 is 5.97 Å². The number of hydrogen-bond donors (Lipinski definition) is 1. The van der Waals surface area contributed by atoms with Gasteiger partial charge in [0.15, 0.2) is 11.4 Å². The van der Waals surface area contributed by atoms with Gasteiger partial charge < -0.3 is 14.7 Å². The smallest absolute Gasteiger partial charge is 0.356 e. The zero-order chi connectivity index (χ0) is 25.8. The molecule has 2 aromatic carbocycles. The van der Waals surface area contributed by atoms with Crippen LogP contribution in [0.25, 0.3) is 11.1 Å². The largest absolute Gasteiger partial charge is 0.493 e. The van der Waals surface area contributed by atoms with Crippen LogP contribution in [0, 0.1) is 0 Å². The van der Waals surface area contributed by atoms with Crippen molar-refractivity contribution in [3.05, 3.63) is 77.4 Å². The molecule has 0 amide bonds. The lowest BCUT2D eigenvalue weighted by Crippen LogP contribution is -2.22. The maximum Gasteiger partial charge on any atom is 0.356 e. The number of aromatic carboxylic acids is 1. The summed E-state index contributed by atoms with van der Waals surface area (Å²) in [4.78, 5) is 23.3. The van der Waals surface area contributed by atoms with Crippen molar-refractivity contribution in [3.8, 4) is 5.75 Å². The number of carbonyl (C=O) groups is 1. The van der Waals surface area contributed by atoms with E-state index in [1.807, 2.05) is 31.2 Å². The fraction of sp³-hybridized carbons (Fsp3) is 0.310. The van der Waals surface area contributed by atoms with E-state index in [1.54, 1.807) is 6.20 Å². The Morgan fingerprint density at radius 3 is 2.33 bits per heavy atom. The van der Waals surface area contributed by atoms with Gasteiger partial charge in [-0.3, -0.25) is 4.98 Å². The number of anilines is 1. The standard InChI is InChI=1S/C29H32N4O3/c1-6-32(7-2)20-14-15-22(24(18-20)36-9-4)26(27-28(29(34)35)31-17-16-30-27)25-19(5)33(8-3)23-13-11-10-12-21(23)25/h10-18H,6-9H2,1-5H3/p+1. The number of carboxylic acids is 1. The third-order valence-electron chi connectivity index (χ3n) is 6.60. The average Bonchev–Trinajstić information content (AvgIpc) is 3.17. The lowest BCUT2D eigenvalue weighted by molar-refractivity contribution is -0.432. The van der Waals surface area contributed by atoms with Crippen molar-refractivity contribution in [1.82, 2.24) is 9.97 Å². The van der Waals surface area contributed by atoms with Gasteiger partial charge in [-0.25, -0.2) is 9.78 Å². The second-order valence-corrected chi connectivity index (χ2v) is 8.44. The summed E-state index contributed by atoms with van der Waals surface area (Å²) in [5, 5.41) is 10.0. The van der Waals surface area contributed by atoms with Gasteiger partial charge in [0, 0.05) is 61.4 Å². The Kier molecular flexibility index (Phi) is 7.48. The SMILES string of the molecule is CCOc1cc(N(CC)CC)ccc1C(=C1C(C)=[N+](CC)c2ccccc21)c1nccnc1C(=O)O. The normalized spacial score (nSPS) is 14.0. The molecule has 0 spiro atoms. The maximum atomic E-state index is 12.3. The van der Waals surface area contributed by atoms with Crippen LogP contribution in [0.3, 0.4) is 0 Å². The molecule has 1 aliphatic heterocycles. The van der Waals surface area contributed by atoms with Crippen LogP contribution in [0.5, 0.6) is 5.75 Å². The summed E-state index contributed by atoms with van der Waals surface area (Å²) in [5.74, 6) is -0.433. The summed E-state index contributed by atoms with van der Waals surface area (Å²) in [6.45, 7) is 13.4. The molecule has 7 nitrogen and oxygen atoms in total. The van der Waals surface area contributed by atoms with Crippen molar-refractivity contribution in [1.29, 1.82) is 0 Å². The highest BCUT2D eigenvalue weighted by molar-refractivity contribution is 6.32. The molecule has 0 bridgehead atoms. The predicted octanol–water partition coefficient (Wildman–Crippen LogP) is 5.52. The average molecular weight is 486 g/mol. The lowest BCUT2D eigenvalue weighted by atomic mass is 9.89. The molecule has 36 heavy (non-hydrogen) atoms. The van der Waals surface area contributed by atoms with E-state index >= 15 is 0 Å². The van der Waals surface area contributed by atoms with Gasteiger partial charge in [-0.05, 0) is 45.9 Å². The first-order valence-corrected chi connectivity index (χ1v) is 12.5. The van der Waals surface area contributed by atoms with Gasteiger partial charge in [0.1, 0.15) is 18.0 Å². The molecule has 0 aliphatic carbocycles. The van der Waals surface area contributed by atoms with Crippen LogP contribution in [-0.2, 0) is 0 Å². The molecule has 7 heteroatoms. The second kappa shape index (κ2) is 10.7. The third kappa shape index (κ3) is 4.37. The van der Waals surface area contributed by atoms with Crippen LogP contribution >= 0.6 is 0 Å². The van der Waals surface area contributed by atoms with Crippen molar-refractivity contribution in [2.24, 2.45) is 0 Å². The van der Waals surface area contributed by atoms with E-state index in [-0.39, 0.29) is 5.69 Å². The fourth-order valence-electron chi connectivity index (χ4n) is 4.99. The Morgan fingerprint density at radius 2 is 1.69 bits per heavy atom. The molecule has 1 aliphatic rings. The number of ether oxygens (including phenoxy) is 1. The van der Waals surface area contributed by atoms with Crippen LogP contribution in [0.15, 0.2) is 54.9 Å². The van der Waals surface area contributed by atoms with E-state index in [0.717, 1.165) is 53.4 Å². The van der Waals surface area contributed by atoms with E-state index in [9.17, 15) is 9.90 Å². The number of rotatable bonds is 9. The molecule has 4 rings (SSSR count). The maximum absolute atomic E-state index is 12.3. The van der Waals surface area contributed by atoms with E-state index in [2.05, 4.69) is 65.3 Å². The molecule has 1 aromatic heterocycles. The number of para-hydroxylation sites is 1. The molecule has 0 unspecified atom stereocenters. The van der Waals surface area contributed by atoms with E-state index in [0.29, 0.717) is 23.6 Å². The van der Waals surface area contributed by atoms with Gasteiger partial charge in [0.25, 0.3) is 0 Å². The monoisotopic (exact) mass is 485 g/mol. The molecule has 0 radical (unpaired) electrons. The third-order valence-corrected chi connectivity index (χ3v) is 6.60. The zero-order valence-corrected chi connectivity index (χ0v) is 21.6. The Labute approximate surface area is 212 Å². The molecular formula is C29H33N4O3+. The first kappa shape index (κ1) is 25.1. The summed E-state index contributed by atoms with van der Waals surface area (Å²) < 4.78 is 8.42. The number of hydrogen-bond acceptors (Lipinski definition) is 5. The van der Waals surface area contributed by atoms with E-state index in [1.165, 1.54) is 6.20 Å². The second-order valence-electron chi connectivity index (χ2n) is 8.44. The topological polar surface area (TPSA) is 78.6 Å². The molecule has 186 valence electrons. The van der Waals surface area contributed by atoms with Crippen LogP contribution in [0.1, 0.15) is 61.9 Å².